The van der Waals surface area contributed by atoms with Crippen molar-refractivity contribution in [2.45, 2.75) is 34.2 Å². The van der Waals surface area contributed by atoms with Crippen LogP contribution >= 0.6 is 0 Å². The molecule has 0 unspecified atom stereocenters. The zero-order valence-electron chi connectivity index (χ0n) is 11.7. The standard InChI is InChI=1S/C13H17N3.C2H6/c1-13(2)7-4-3-5-11(9-13)10-16-8-6-12(14)15-16;1-2/h3-9H,10H2,1-2H3,(H2,14,15);1-2H3. The molecule has 2 N–H and O–H groups in total. The molecular weight excluding hydrogens is 222 g/mol. The fourth-order valence-electron chi connectivity index (χ4n) is 1.81. The quantitative estimate of drug-likeness (QED) is 0.865. The molecule has 2 rings (SSSR count). The smallest absolute Gasteiger partial charge is 0.145 e. The van der Waals surface area contributed by atoms with Crippen LogP contribution < -0.4 is 5.73 Å². The number of nitrogen functional groups attached to an aromatic ring is 1. The van der Waals surface area contributed by atoms with Crippen LogP contribution in [0.1, 0.15) is 27.7 Å². The average molecular weight is 245 g/mol. The minimum Gasteiger partial charge on any atom is -0.382 e. The van der Waals surface area contributed by atoms with E-state index in [4.69, 9.17) is 5.73 Å². The molecule has 18 heavy (non-hydrogen) atoms. The van der Waals surface area contributed by atoms with Crippen molar-refractivity contribution in [2.24, 2.45) is 5.41 Å². The second-order valence-electron chi connectivity index (χ2n) is 4.70. The summed E-state index contributed by atoms with van der Waals surface area (Å²) in [6.07, 6.45) is 12.6. The van der Waals surface area contributed by atoms with Crippen molar-refractivity contribution >= 4 is 5.82 Å². The molecular formula is C15H23N3. The van der Waals surface area contributed by atoms with Crippen LogP contribution in [0, 0.1) is 5.41 Å². The Kier molecular flexibility index (Phi) is 4.95. The van der Waals surface area contributed by atoms with E-state index in [1.807, 2.05) is 30.8 Å². The molecule has 3 heteroatoms. The maximum atomic E-state index is 5.59. The highest BCUT2D eigenvalue weighted by Crippen LogP contribution is 2.24. The Balaban J connectivity index is 0.000000771. The summed E-state index contributed by atoms with van der Waals surface area (Å²) in [5.74, 6) is 0.565. The van der Waals surface area contributed by atoms with Crippen LogP contribution in [0.25, 0.3) is 0 Å². The summed E-state index contributed by atoms with van der Waals surface area (Å²) in [6.45, 7) is 9.14. The predicted molar refractivity (Wildman–Crippen MR) is 78.1 cm³/mol. The number of hydrogen-bond donors (Lipinski definition) is 1. The summed E-state index contributed by atoms with van der Waals surface area (Å²) in [7, 11) is 0. The molecule has 1 aromatic rings. The first-order valence-electron chi connectivity index (χ1n) is 6.42. The topological polar surface area (TPSA) is 43.8 Å². The van der Waals surface area contributed by atoms with Gasteiger partial charge in [0, 0.05) is 11.6 Å². The van der Waals surface area contributed by atoms with Gasteiger partial charge in [-0.1, -0.05) is 58.1 Å². The van der Waals surface area contributed by atoms with Gasteiger partial charge in [0.1, 0.15) is 5.82 Å². The van der Waals surface area contributed by atoms with Gasteiger partial charge in [-0.15, -0.1) is 0 Å². The third-order valence-electron chi connectivity index (χ3n) is 2.51. The first kappa shape index (κ1) is 14.3. The Morgan fingerprint density at radius 2 is 2.00 bits per heavy atom. The van der Waals surface area contributed by atoms with E-state index in [0.29, 0.717) is 5.82 Å². The molecule has 1 aromatic heterocycles. The lowest BCUT2D eigenvalue weighted by atomic mass is 9.91. The molecule has 3 nitrogen and oxygen atoms in total. The third-order valence-corrected chi connectivity index (χ3v) is 2.51. The Morgan fingerprint density at radius 1 is 1.28 bits per heavy atom. The number of nitrogens with two attached hydrogens (primary N) is 1. The van der Waals surface area contributed by atoms with Gasteiger partial charge in [0.2, 0.25) is 0 Å². The van der Waals surface area contributed by atoms with Crippen molar-refractivity contribution in [1.82, 2.24) is 9.78 Å². The SMILES string of the molecule is CC.CC1(C)C=CC=CC(Cn2ccc(N)n2)=C1. The zero-order chi connectivity index (χ0) is 13.6. The number of aromatic nitrogens is 2. The van der Waals surface area contributed by atoms with E-state index in [9.17, 15) is 0 Å². The molecule has 1 aliphatic carbocycles. The van der Waals surface area contributed by atoms with Gasteiger partial charge in [-0.25, -0.2) is 0 Å². The Labute approximate surface area is 110 Å². The van der Waals surface area contributed by atoms with Crippen molar-refractivity contribution < 1.29 is 0 Å². The first-order chi connectivity index (χ1) is 8.55. The number of anilines is 1. The van der Waals surface area contributed by atoms with E-state index in [-0.39, 0.29) is 5.41 Å². The molecule has 0 aliphatic heterocycles. The molecule has 0 saturated heterocycles. The highest BCUT2D eigenvalue weighted by molar-refractivity contribution is 5.31. The second-order valence-corrected chi connectivity index (χ2v) is 4.70. The molecule has 1 aliphatic rings. The van der Waals surface area contributed by atoms with Crippen LogP contribution in [0.4, 0.5) is 5.82 Å². The molecule has 0 aromatic carbocycles. The maximum absolute atomic E-state index is 5.59. The normalized spacial score (nSPS) is 16.6. The van der Waals surface area contributed by atoms with Gasteiger partial charge in [-0.05, 0) is 11.6 Å². The van der Waals surface area contributed by atoms with Crippen LogP contribution in [0.3, 0.4) is 0 Å². The van der Waals surface area contributed by atoms with Crippen LogP contribution in [0.2, 0.25) is 0 Å². The van der Waals surface area contributed by atoms with Crippen LogP contribution in [-0.2, 0) is 6.54 Å². The van der Waals surface area contributed by atoms with Crippen molar-refractivity contribution in [3.05, 3.63) is 48.2 Å². The first-order valence-corrected chi connectivity index (χ1v) is 6.42. The van der Waals surface area contributed by atoms with Crippen molar-refractivity contribution in [3.8, 4) is 0 Å². The Bertz CT molecular complexity index is 462. The molecule has 0 bridgehead atoms. The summed E-state index contributed by atoms with van der Waals surface area (Å²) >= 11 is 0. The lowest BCUT2D eigenvalue weighted by molar-refractivity contribution is 0.609. The Morgan fingerprint density at radius 3 is 2.61 bits per heavy atom. The number of nitrogens with zero attached hydrogens (tertiary/aromatic N) is 2. The average Bonchev–Trinajstić information content (AvgIpc) is 2.63. The summed E-state index contributed by atoms with van der Waals surface area (Å²) in [5.41, 5.74) is 6.93. The van der Waals surface area contributed by atoms with Crippen LogP contribution in [-0.4, -0.2) is 9.78 Å². The molecule has 1 heterocycles. The van der Waals surface area contributed by atoms with E-state index in [1.165, 1.54) is 5.57 Å². The summed E-state index contributed by atoms with van der Waals surface area (Å²) < 4.78 is 1.85. The number of rotatable bonds is 2. The largest absolute Gasteiger partial charge is 0.382 e. The van der Waals surface area contributed by atoms with Crippen molar-refractivity contribution in [3.63, 3.8) is 0 Å². The lowest BCUT2D eigenvalue weighted by Gasteiger charge is -2.15. The highest BCUT2D eigenvalue weighted by atomic mass is 15.3. The Hall–Kier alpha value is -1.77. The van der Waals surface area contributed by atoms with Gasteiger partial charge >= 0.3 is 0 Å². The zero-order valence-corrected chi connectivity index (χ0v) is 11.7. The van der Waals surface area contributed by atoms with Crippen LogP contribution in [0.5, 0.6) is 0 Å². The third kappa shape index (κ3) is 4.24. The minimum absolute atomic E-state index is 0.0948. The van der Waals surface area contributed by atoms with Gasteiger partial charge in [-0.2, -0.15) is 5.10 Å². The van der Waals surface area contributed by atoms with E-state index in [0.717, 1.165) is 6.54 Å². The molecule has 0 fully saturated rings. The van der Waals surface area contributed by atoms with E-state index < -0.39 is 0 Å². The molecule has 0 atom stereocenters. The van der Waals surface area contributed by atoms with Crippen LogP contribution in [0.15, 0.2) is 48.2 Å². The van der Waals surface area contributed by atoms with E-state index in [1.54, 1.807) is 0 Å². The summed E-state index contributed by atoms with van der Waals surface area (Å²) in [4.78, 5) is 0. The lowest BCUT2D eigenvalue weighted by Crippen LogP contribution is -2.06. The maximum Gasteiger partial charge on any atom is 0.145 e. The van der Waals surface area contributed by atoms with Crippen molar-refractivity contribution in [1.29, 1.82) is 0 Å². The molecule has 0 amide bonds. The predicted octanol–water partition coefficient (Wildman–Crippen LogP) is 3.57. The minimum atomic E-state index is 0.0948. The van der Waals surface area contributed by atoms with Gasteiger partial charge in [0.15, 0.2) is 0 Å². The fraction of sp³-hybridized carbons (Fsp3) is 0.400. The molecule has 98 valence electrons. The van der Waals surface area contributed by atoms with Gasteiger partial charge in [0.05, 0.1) is 6.54 Å². The summed E-state index contributed by atoms with van der Waals surface area (Å²) in [6, 6.07) is 1.81. The monoisotopic (exact) mass is 245 g/mol. The van der Waals surface area contributed by atoms with Gasteiger partial charge in [-0.3, -0.25) is 4.68 Å². The van der Waals surface area contributed by atoms with Gasteiger partial charge < -0.3 is 5.73 Å². The van der Waals surface area contributed by atoms with Crippen molar-refractivity contribution in [2.75, 3.05) is 5.73 Å². The highest BCUT2D eigenvalue weighted by Gasteiger charge is 2.12. The summed E-state index contributed by atoms with van der Waals surface area (Å²) in [5, 5.41) is 4.18. The number of allylic oxidation sites excluding steroid dienone is 6. The van der Waals surface area contributed by atoms with E-state index in [2.05, 4.69) is 49.3 Å². The molecule has 0 spiro atoms. The second kappa shape index (κ2) is 6.24. The molecule has 0 saturated carbocycles. The van der Waals surface area contributed by atoms with E-state index >= 15 is 0 Å². The number of hydrogen-bond acceptors (Lipinski definition) is 2. The molecule has 0 radical (unpaired) electrons. The fourth-order valence-corrected chi connectivity index (χ4v) is 1.81. The van der Waals surface area contributed by atoms with Gasteiger partial charge in [0.25, 0.3) is 0 Å².